The standard InChI is InChI=1S/C17H28N2O2/c1-6-21-15-9-10-16(13(4)11-15)19-17(20)18-14(5)8-7-12(2)3/h9-12,14H,6-8H2,1-5H3,(H2,18,19,20). The van der Waals surface area contributed by atoms with Gasteiger partial charge in [-0.05, 0) is 63.3 Å². The van der Waals surface area contributed by atoms with E-state index in [-0.39, 0.29) is 12.1 Å². The van der Waals surface area contributed by atoms with Gasteiger partial charge in [0.15, 0.2) is 0 Å². The van der Waals surface area contributed by atoms with E-state index in [9.17, 15) is 4.79 Å². The summed E-state index contributed by atoms with van der Waals surface area (Å²) in [6, 6.07) is 5.70. The van der Waals surface area contributed by atoms with Gasteiger partial charge in [0.05, 0.1) is 6.61 Å². The number of anilines is 1. The number of carbonyl (C=O) groups is 1. The third-order valence-corrected chi connectivity index (χ3v) is 3.31. The number of rotatable bonds is 7. The molecule has 118 valence electrons. The Bertz CT molecular complexity index is 458. The Hall–Kier alpha value is -1.71. The van der Waals surface area contributed by atoms with Crippen molar-refractivity contribution < 1.29 is 9.53 Å². The van der Waals surface area contributed by atoms with Crippen molar-refractivity contribution in [1.82, 2.24) is 5.32 Å². The monoisotopic (exact) mass is 292 g/mol. The fourth-order valence-electron chi connectivity index (χ4n) is 2.07. The van der Waals surface area contributed by atoms with E-state index < -0.39 is 0 Å². The summed E-state index contributed by atoms with van der Waals surface area (Å²) in [6.45, 7) is 11.0. The van der Waals surface area contributed by atoms with E-state index in [1.54, 1.807) is 0 Å². The van der Waals surface area contributed by atoms with Crippen molar-refractivity contribution in [2.75, 3.05) is 11.9 Å². The minimum atomic E-state index is -0.154. The summed E-state index contributed by atoms with van der Waals surface area (Å²) >= 11 is 0. The molecular weight excluding hydrogens is 264 g/mol. The Labute approximate surface area is 128 Å². The zero-order valence-electron chi connectivity index (χ0n) is 13.8. The number of benzene rings is 1. The lowest BCUT2D eigenvalue weighted by molar-refractivity contribution is 0.248. The van der Waals surface area contributed by atoms with E-state index in [2.05, 4.69) is 24.5 Å². The van der Waals surface area contributed by atoms with Crippen LogP contribution in [0.1, 0.15) is 46.1 Å². The van der Waals surface area contributed by atoms with Crippen LogP contribution in [-0.4, -0.2) is 18.7 Å². The molecule has 21 heavy (non-hydrogen) atoms. The first-order valence-corrected chi connectivity index (χ1v) is 7.73. The third kappa shape index (κ3) is 6.52. The zero-order valence-corrected chi connectivity index (χ0v) is 13.8. The van der Waals surface area contributed by atoms with Gasteiger partial charge >= 0.3 is 6.03 Å². The van der Waals surface area contributed by atoms with E-state index in [0.717, 1.165) is 29.8 Å². The van der Waals surface area contributed by atoms with Crippen LogP contribution < -0.4 is 15.4 Å². The van der Waals surface area contributed by atoms with Crippen LogP contribution in [0.4, 0.5) is 10.5 Å². The molecule has 1 rings (SSSR count). The molecule has 0 aromatic heterocycles. The second-order valence-corrected chi connectivity index (χ2v) is 5.88. The van der Waals surface area contributed by atoms with Crippen LogP contribution in [0.15, 0.2) is 18.2 Å². The molecule has 0 fully saturated rings. The molecule has 0 aliphatic carbocycles. The number of nitrogens with one attached hydrogen (secondary N) is 2. The van der Waals surface area contributed by atoms with Crippen LogP contribution in [0.5, 0.6) is 5.75 Å². The van der Waals surface area contributed by atoms with E-state index in [1.807, 2.05) is 39.0 Å². The van der Waals surface area contributed by atoms with Crippen molar-refractivity contribution in [1.29, 1.82) is 0 Å². The minimum absolute atomic E-state index is 0.154. The maximum atomic E-state index is 12.0. The number of amides is 2. The molecule has 1 atom stereocenters. The van der Waals surface area contributed by atoms with Gasteiger partial charge in [-0.1, -0.05) is 13.8 Å². The van der Waals surface area contributed by atoms with E-state index in [4.69, 9.17) is 4.74 Å². The first-order chi connectivity index (χ1) is 9.92. The van der Waals surface area contributed by atoms with Gasteiger partial charge in [0.25, 0.3) is 0 Å². The Kier molecular flexibility index (Phi) is 7.06. The van der Waals surface area contributed by atoms with Gasteiger partial charge in [-0.2, -0.15) is 0 Å². The van der Waals surface area contributed by atoms with Gasteiger partial charge in [0.2, 0.25) is 0 Å². The molecule has 0 saturated carbocycles. The van der Waals surface area contributed by atoms with Crippen LogP contribution in [0, 0.1) is 12.8 Å². The highest BCUT2D eigenvalue weighted by molar-refractivity contribution is 5.90. The molecule has 0 radical (unpaired) electrons. The van der Waals surface area contributed by atoms with Crippen molar-refractivity contribution in [3.63, 3.8) is 0 Å². The van der Waals surface area contributed by atoms with Crippen molar-refractivity contribution in [2.24, 2.45) is 5.92 Å². The highest BCUT2D eigenvalue weighted by Crippen LogP contribution is 2.21. The maximum absolute atomic E-state index is 12.0. The SMILES string of the molecule is CCOc1ccc(NC(=O)NC(C)CCC(C)C)c(C)c1. The predicted molar refractivity (Wildman–Crippen MR) is 88.0 cm³/mol. The molecule has 1 aromatic rings. The third-order valence-electron chi connectivity index (χ3n) is 3.31. The number of hydrogen-bond acceptors (Lipinski definition) is 2. The lowest BCUT2D eigenvalue weighted by atomic mass is 10.0. The Morgan fingerprint density at radius 3 is 2.52 bits per heavy atom. The lowest BCUT2D eigenvalue weighted by Crippen LogP contribution is -2.36. The molecule has 4 nitrogen and oxygen atoms in total. The fourth-order valence-corrected chi connectivity index (χ4v) is 2.07. The molecule has 0 heterocycles. The van der Waals surface area contributed by atoms with Crippen molar-refractivity contribution in [2.45, 2.75) is 53.5 Å². The van der Waals surface area contributed by atoms with Crippen LogP contribution in [0.2, 0.25) is 0 Å². The molecule has 2 amide bonds. The van der Waals surface area contributed by atoms with Crippen molar-refractivity contribution in [3.8, 4) is 5.75 Å². The Balaban J connectivity index is 2.51. The highest BCUT2D eigenvalue weighted by Gasteiger charge is 2.09. The van der Waals surface area contributed by atoms with Gasteiger partial charge < -0.3 is 15.4 Å². The molecular formula is C17H28N2O2. The van der Waals surface area contributed by atoms with Gasteiger partial charge in [-0.15, -0.1) is 0 Å². The molecule has 0 spiro atoms. The highest BCUT2D eigenvalue weighted by atomic mass is 16.5. The molecule has 1 aromatic carbocycles. The molecule has 0 bridgehead atoms. The average molecular weight is 292 g/mol. The number of hydrogen-bond donors (Lipinski definition) is 2. The zero-order chi connectivity index (χ0) is 15.8. The van der Waals surface area contributed by atoms with Gasteiger partial charge in [-0.3, -0.25) is 0 Å². The van der Waals surface area contributed by atoms with Gasteiger partial charge in [0.1, 0.15) is 5.75 Å². The molecule has 0 aliphatic heterocycles. The second kappa shape index (κ2) is 8.55. The quantitative estimate of drug-likeness (QED) is 0.785. The summed E-state index contributed by atoms with van der Waals surface area (Å²) < 4.78 is 5.44. The number of ether oxygens (including phenoxy) is 1. The Morgan fingerprint density at radius 2 is 1.95 bits per heavy atom. The first-order valence-electron chi connectivity index (χ1n) is 7.73. The maximum Gasteiger partial charge on any atom is 0.319 e. The summed E-state index contributed by atoms with van der Waals surface area (Å²) in [5, 5.41) is 5.86. The predicted octanol–water partition coefficient (Wildman–Crippen LogP) is 4.34. The number of urea groups is 1. The minimum Gasteiger partial charge on any atom is -0.494 e. The normalized spacial score (nSPS) is 12.1. The van der Waals surface area contributed by atoms with Gasteiger partial charge in [0, 0.05) is 11.7 Å². The largest absolute Gasteiger partial charge is 0.494 e. The van der Waals surface area contributed by atoms with E-state index in [0.29, 0.717) is 12.5 Å². The second-order valence-electron chi connectivity index (χ2n) is 5.88. The van der Waals surface area contributed by atoms with E-state index >= 15 is 0 Å². The summed E-state index contributed by atoms with van der Waals surface area (Å²) in [6.07, 6.45) is 2.11. The topological polar surface area (TPSA) is 50.4 Å². The summed E-state index contributed by atoms with van der Waals surface area (Å²) in [5.74, 6) is 1.48. The van der Waals surface area contributed by atoms with Gasteiger partial charge in [-0.25, -0.2) is 4.79 Å². The number of carbonyl (C=O) groups excluding carboxylic acids is 1. The summed E-state index contributed by atoms with van der Waals surface area (Å²) in [4.78, 5) is 12.0. The smallest absolute Gasteiger partial charge is 0.319 e. The summed E-state index contributed by atoms with van der Waals surface area (Å²) in [7, 11) is 0. The van der Waals surface area contributed by atoms with Crippen molar-refractivity contribution in [3.05, 3.63) is 23.8 Å². The Morgan fingerprint density at radius 1 is 1.24 bits per heavy atom. The van der Waals surface area contributed by atoms with Crippen LogP contribution in [-0.2, 0) is 0 Å². The first kappa shape index (κ1) is 17.3. The van der Waals surface area contributed by atoms with E-state index in [1.165, 1.54) is 0 Å². The molecule has 2 N–H and O–H groups in total. The molecule has 0 aliphatic rings. The molecule has 4 heteroatoms. The molecule has 1 unspecified atom stereocenters. The average Bonchev–Trinajstić information content (AvgIpc) is 2.40. The van der Waals surface area contributed by atoms with Crippen molar-refractivity contribution >= 4 is 11.7 Å². The lowest BCUT2D eigenvalue weighted by Gasteiger charge is -2.16. The van der Waals surface area contributed by atoms with Crippen LogP contribution in [0.3, 0.4) is 0 Å². The fraction of sp³-hybridized carbons (Fsp3) is 0.588. The number of aryl methyl sites for hydroxylation is 1. The van der Waals surface area contributed by atoms with Crippen LogP contribution >= 0.6 is 0 Å². The summed E-state index contributed by atoms with van der Waals surface area (Å²) in [5.41, 5.74) is 1.80. The van der Waals surface area contributed by atoms with Crippen LogP contribution in [0.25, 0.3) is 0 Å². The molecule has 0 saturated heterocycles.